The van der Waals surface area contributed by atoms with Gasteiger partial charge in [0.1, 0.15) is 5.82 Å². The molecule has 4 aliphatic carbocycles. The predicted molar refractivity (Wildman–Crippen MR) is 131 cm³/mol. The number of rotatable bonds is 3. The Morgan fingerprint density at radius 3 is 2.65 bits per heavy atom. The van der Waals surface area contributed by atoms with Crippen molar-refractivity contribution >= 4 is 18.0 Å². The number of fused-ring (bicyclic) bond motifs is 6. The molecule has 37 heavy (non-hydrogen) atoms. The van der Waals surface area contributed by atoms with Crippen LogP contribution in [0.3, 0.4) is 0 Å². The zero-order chi connectivity index (χ0) is 26.5. The van der Waals surface area contributed by atoms with E-state index >= 15 is 0 Å². The van der Waals surface area contributed by atoms with Crippen molar-refractivity contribution in [3.63, 3.8) is 0 Å². The monoisotopic (exact) mass is 510 g/mol. The molecule has 4 aliphatic rings. The molecule has 0 aliphatic heterocycles. The highest BCUT2D eigenvalue weighted by atomic mass is 19.1. The fourth-order valence-corrected chi connectivity index (χ4v) is 8.56. The Kier molecular flexibility index (Phi) is 5.08. The molecule has 3 saturated carbocycles. The summed E-state index contributed by atoms with van der Waals surface area (Å²) in [5.74, 6) is -3.32. The Balaban J connectivity index is 1.38. The molecule has 7 atom stereocenters. The highest BCUT2D eigenvalue weighted by Crippen LogP contribution is 2.67. The Hall–Kier alpha value is -3.04. The van der Waals surface area contributed by atoms with Gasteiger partial charge < -0.3 is 20.4 Å². The van der Waals surface area contributed by atoms with Gasteiger partial charge in [-0.05, 0) is 91.5 Å². The number of halogens is 1. The summed E-state index contributed by atoms with van der Waals surface area (Å²) in [4.78, 5) is 23.5. The number of benzene rings is 1. The standard InChI is InChI=1S/C28H31FN2O6/c1-26-11-14-13-30-31(16-4-6-20(29)18(10-16)24(33)34)21(14)9-15(26)3-5-17-19-7-8-28(37,25(35)36)27(19,2)12-22(32)23(17)26/h4,6,9-10,13,17,19,22-23,32,37H,3,5,7-8,11-12H2,1-2H3,(H,33,34)(H,35,36)/t17-,19-,22-,23?,26-,27-,28-/m0/s1. The number of carbonyl (C=O) groups is 2. The minimum atomic E-state index is -1.83. The fourth-order valence-electron chi connectivity index (χ4n) is 8.56. The van der Waals surface area contributed by atoms with Crippen LogP contribution in [-0.4, -0.2) is 53.9 Å². The van der Waals surface area contributed by atoms with Crippen molar-refractivity contribution in [2.45, 2.75) is 64.1 Å². The molecular formula is C28H31FN2O6. The van der Waals surface area contributed by atoms with Gasteiger partial charge in [0.05, 0.1) is 29.2 Å². The van der Waals surface area contributed by atoms with E-state index in [0.717, 1.165) is 30.2 Å². The molecule has 1 heterocycles. The van der Waals surface area contributed by atoms with Gasteiger partial charge in [-0.1, -0.05) is 19.4 Å². The fraction of sp³-hybridized carbons (Fsp3) is 0.536. The average Bonchev–Trinajstić information content (AvgIpc) is 3.35. The van der Waals surface area contributed by atoms with Crippen LogP contribution in [-0.2, 0) is 11.2 Å². The van der Waals surface area contributed by atoms with E-state index in [1.807, 2.05) is 6.92 Å². The summed E-state index contributed by atoms with van der Waals surface area (Å²) < 4.78 is 15.6. The van der Waals surface area contributed by atoms with Crippen LogP contribution in [0.25, 0.3) is 11.8 Å². The first-order valence-electron chi connectivity index (χ1n) is 12.9. The van der Waals surface area contributed by atoms with Gasteiger partial charge in [-0.15, -0.1) is 0 Å². The molecule has 0 saturated heterocycles. The zero-order valence-corrected chi connectivity index (χ0v) is 20.8. The normalized spacial score (nSPS) is 38.1. The van der Waals surface area contributed by atoms with Crippen molar-refractivity contribution in [1.82, 2.24) is 9.78 Å². The molecule has 2 aromatic rings. The number of allylic oxidation sites excluding steroid dienone is 1. The summed E-state index contributed by atoms with van der Waals surface area (Å²) in [6, 6.07) is 3.92. The lowest BCUT2D eigenvalue weighted by atomic mass is 9.45. The van der Waals surface area contributed by atoms with Gasteiger partial charge >= 0.3 is 11.9 Å². The minimum absolute atomic E-state index is 0.0122. The molecule has 0 bridgehead atoms. The third-order valence-electron chi connectivity index (χ3n) is 10.4. The summed E-state index contributed by atoms with van der Waals surface area (Å²) in [5.41, 5.74) is -0.0607. The molecule has 1 unspecified atom stereocenters. The zero-order valence-electron chi connectivity index (χ0n) is 20.8. The number of hydrogen-bond donors (Lipinski definition) is 4. The molecular weight excluding hydrogens is 479 g/mol. The van der Waals surface area contributed by atoms with Gasteiger partial charge in [-0.2, -0.15) is 5.10 Å². The number of carboxylic acid groups (broad SMARTS) is 2. The van der Waals surface area contributed by atoms with Gasteiger partial charge in [0.2, 0.25) is 0 Å². The number of aliphatic hydroxyl groups is 2. The van der Waals surface area contributed by atoms with Crippen LogP contribution in [0.2, 0.25) is 0 Å². The van der Waals surface area contributed by atoms with Crippen LogP contribution in [0.15, 0.2) is 30.0 Å². The second kappa shape index (κ2) is 7.74. The average molecular weight is 511 g/mol. The number of aromatic nitrogens is 2. The maximum atomic E-state index is 14.0. The second-order valence-corrected chi connectivity index (χ2v) is 11.9. The van der Waals surface area contributed by atoms with Crippen molar-refractivity contribution in [2.75, 3.05) is 0 Å². The lowest BCUT2D eigenvalue weighted by molar-refractivity contribution is -0.193. The third-order valence-corrected chi connectivity index (χ3v) is 10.4. The van der Waals surface area contributed by atoms with Crippen LogP contribution in [0, 0.1) is 34.4 Å². The Morgan fingerprint density at radius 2 is 1.95 bits per heavy atom. The summed E-state index contributed by atoms with van der Waals surface area (Å²) in [5, 5.41) is 46.4. The van der Waals surface area contributed by atoms with Crippen molar-refractivity contribution in [3.05, 3.63) is 52.6 Å². The maximum Gasteiger partial charge on any atom is 0.338 e. The Morgan fingerprint density at radius 1 is 1.19 bits per heavy atom. The van der Waals surface area contributed by atoms with Gasteiger partial charge in [0.25, 0.3) is 0 Å². The van der Waals surface area contributed by atoms with E-state index in [1.165, 1.54) is 17.7 Å². The van der Waals surface area contributed by atoms with Gasteiger partial charge in [0.15, 0.2) is 5.60 Å². The van der Waals surface area contributed by atoms with Crippen molar-refractivity contribution in [3.8, 4) is 5.69 Å². The van der Waals surface area contributed by atoms with E-state index < -0.39 is 40.4 Å². The number of aromatic carboxylic acids is 1. The molecule has 6 rings (SSSR count). The van der Waals surface area contributed by atoms with Gasteiger partial charge in [0, 0.05) is 5.41 Å². The molecule has 0 amide bonds. The molecule has 8 nitrogen and oxygen atoms in total. The van der Waals surface area contributed by atoms with E-state index in [-0.39, 0.29) is 36.0 Å². The van der Waals surface area contributed by atoms with Crippen LogP contribution < -0.4 is 0 Å². The van der Waals surface area contributed by atoms with Crippen LogP contribution in [0.5, 0.6) is 0 Å². The molecule has 9 heteroatoms. The Labute approximate surface area is 213 Å². The van der Waals surface area contributed by atoms with E-state index in [1.54, 1.807) is 10.9 Å². The number of hydrogen-bond acceptors (Lipinski definition) is 5. The lowest BCUT2D eigenvalue weighted by Crippen LogP contribution is -2.61. The van der Waals surface area contributed by atoms with Crippen LogP contribution in [0.4, 0.5) is 4.39 Å². The number of carboxylic acids is 2. The van der Waals surface area contributed by atoms with E-state index in [9.17, 15) is 34.4 Å². The molecule has 4 N–H and O–H groups in total. The van der Waals surface area contributed by atoms with Crippen LogP contribution in [0.1, 0.15) is 67.6 Å². The predicted octanol–water partition coefficient (Wildman–Crippen LogP) is 3.68. The van der Waals surface area contributed by atoms with Crippen molar-refractivity contribution < 1.29 is 34.4 Å². The maximum absolute atomic E-state index is 14.0. The molecule has 0 spiro atoms. The first kappa shape index (κ1) is 24.3. The second-order valence-electron chi connectivity index (χ2n) is 11.9. The highest BCUT2D eigenvalue weighted by Gasteiger charge is 2.68. The quantitative estimate of drug-likeness (QED) is 0.495. The molecule has 1 aromatic carbocycles. The largest absolute Gasteiger partial charge is 0.479 e. The summed E-state index contributed by atoms with van der Waals surface area (Å²) in [7, 11) is 0. The first-order chi connectivity index (χ1) is 17.4. The van der Waals surface area contributed by atoms with E-state index in [2.05, 4.69) is 18.1 Å². The SMILES string of the molecule is C[C@]12Cc3cnn(-c4ccc(F)c(C(=O)O)c4)c3C=C1CC[C@@H]1C2[C@@H](O)C[C@@]2(C)[C@H]1CC[C@]2(O)C(=O)O. The third kappa shape index (κ3) is 3.10. The highest BCUT2D eigenvalue weighted by molar-refractivity contribution is 5.88. The Bertz CT molecular complexity index is 1370. The van der Waals surface area contributed by atoms with Gasteiger partial charge in [-0.25, -0.2) is 18.7 Å². The topological polar surface area (TPSA) is 133 Å². The molecule has 1 aromatic heterocycles. The molecule has 196 valence electrons. The van der Waals surface area contributed by atoms with E-state index in [4.69, 9.17) is 0 Å². The number of aliphatic hydroxyl groups excluding tert-OH is 1. The first-order valence-corrected chi connectivity index (χ1v) is 12.9. The van der Waals surface area contributed by atoms with Crippen LogP contribution >= 0.6 is 0 Å². The molecule has 0 radical (unpaired) electrons. The number of nitrogens with zero attached hydrogens (tertiary/aromatic N) is 2. The minimum Gasteiger partial charge on any atom is -0.479 e. The van der Waals surface area contributed by atoms with Crippen molar-refractivity contribution in [2.24, 2.45) is 28.6 Å². The molecule has 3 fully saturated rings. The van der Waals surface area contributed by atoms with Gasteiger partial charge in [-0.3, -0.25) is 0 Å². The van der Waals surface area contributed by atoms with Crippen molar-refractivity contribution in [1.29, 1.82) is 0 Å². The smallest absolute Gasteiger partial charge is 0.338 e. The summed E-state index contributed by atoms with van der Waals surface area (Å²) in [6.07, 6.45) is 6.34. The van der Waals surface area contributed by atoms with E-state index in [0.29, 0.717) is 18.5 Å². The number of aliphatic carboxylic acids is 1. The lowest BCUT2D eigenvalue weighted by Gasteiger charge is -2.60. The summed E-state index contributed by atoms with van der Waals surface area (Å²) in [6.45, 7) is 4.00. The summed E-state index contributed by atoms with van der Waals surface area (Å²) >= 11 is 0.